The number of para-hydroxylation sites is 1. The van der Waals surface area contributed by atoms with E-state index in [4.69, 9.17) is 10.1 Å². The van der Waals surface area contributed by atoms with Gasteiger partial charge in [-0.15, -0.1) is 0 Å². The van der Waals surface area contributed by atoms with Crippen LogP contribution in [0.5, 0.6) is 0 Å². The van der Waals surface area contributed by atoms with Gasteiger partial charge in [0.25, 0.3) is 5.91 Å². The summed E-state index contributed by atoms with van der Waals surface area (Å²) in [4.78, 5) is 12.1. The fourth-order valence-electron chi connectivity index (χ4n) is 2.38. The second kappa shape index (κ2) is 9.23. The molecule has 0 bridgehead atoms. The van der Waals surface area contributed by atoms with Crippen molar-refractivity contribution in [2.45, 2.75) is 13.8 Å². The SMILES string of the molecule is Cc1cccc(C)c1NC(=O)CO/C=C(\C=C/C=N)c1ccccc1. The Morgan fingerprint density at radius 2 is 1.76 bits per heavy atom. The monoisotopic (exact) mass is 334 g/mol. The first-order chi connectivity index (χ1) is 12.1. The van der Waals surface area contributed by atoms with Crippen LogP contribution in [0.25, 0.3) is 5.57 Å². The van der Waals surface area contributed by atoms with Gasteiger partial charge in [0, 0.05) is 17.5 Å². The number of nitrogens with one attached hydrogen (secondary N) is 2. The number of benzene rings is 2. The fraction of sp³-hybridized carbons (Fsp3) is 0.143. The lowest BCUT2D eigenvalue weighted by molar-refractivity contribution is -0.119. The average Bonchev–Trinajstić information content (AvgIpc) is 2.62. The molecule has 1 amide bonds. The molecule has 0 saturated carbocycles. The van der Waals surface area contributed by atoms with Crippen LogP contribution >= 0.6 is 0 Å². The first kappa shape index (κ1) is 18.2. The maximum absolute atomic E-state index is 12.1. The zero-order valence-corrected chi connectivity index (χ0v) is 14.5. The van der Waals surface area contributed by atoms with Crippen molar-refractivity contribution in [2.75, 3.05) is 11.9 Å². The van der Waals surface area contributed by atoms with Crippen molar-refractivity contribution >= 4 is 23.4 Å². The lowest BCUT2D eigenvalue weighted by atomic mass is 10.1. The van der Waals surface area contributed by atoms with Gasteiger partial charge in [0.1, 0.15) is 0 Å². The maximum atomic E-state index is 12.1. The van der Waals surface area contributed by atoms with Crippen molar-refractivity contribution < 1.29 is 9.53 Å². The van der Waals surface area contributed by atoms with E-state index in [0.717, 1.165) is 28.0 Å². The Morgan fingerprint density at radius 1 is 1.08 bits per heavy atom. The van der Waals surface area contributed by atoms with Gasteiger partial charge in [-0.3, -0.25) is 4.79 Å². The molecule has 4 heteroatoms. The minimum absolute atomic E-state index is 0.0808. The molecule has 0 radical (unpaired) electrons. The van der Waals surface area contributed by atoms with Crippen molar-refractivity contribution in [1.82, 2.24) is 0 Å². The quantitative estimate of drug-likeness (QED) is 0.445. The highest BCUT2D eigenvalue weighted by Crippen LogP contribution is 2.19. The first-order valence-corrected chi connectivity index (χ1v) is 8.02. The predicted octanol–water partition coefficient (Wildman–Crippen LogP) is 4.51. The Hall–Kier alpha value is -3.14. The van der Waals surface area contributed by atoms with Gasteiger partial charge in [0.05, 0.1) is 6.26 Å². The van der Waals surface area contributed by atoms with Crippen molar-refractivity contribution in [3.8, 4) is 0 Å². The Bertz CT molecular complexity index is 773. The van der Waals surface area contributed by atoms with Gasteiger partial charge in [0.2, 0.25) is 0 Å². The topological polar surface area (TPSA) is 62.2 Å². The van der Waals surface area contributed by atoms with Gasteiger partial charge in [-0.05, 0) is 42.7 Å². The van der Waals surface area contributed by atoms with Crippen LogP contribution in [-0.2, 0) is 9.53 Å². The number of amides is 1. The molecule has 0 spiro atoms. The van der Waals surface area contributed by atoms with Gasteiger partial charge >= 0.3 is 0 Å². The second-order valence-electron chi connectivity index (χ2n) is 5.59. The van der Waals surface area contributed by atoms with Gasteiger partial charge < -0.3 is 15.5 Å². The molecule has 0 fully saturated rings. The average molecular weight is 334 g/mol. The molecule has 25 heavy (non-hydrogen) atoms. The van der Waals surface area contributed by atoms with Gasteiger partial charge in [0.15, 0.2) is 6.61 Å². The van der Waals surface area contributed by atoms with E-state index in [-0.39, 0.29) is 12.5 Å². The number of rotatable bonds is 7. The summed E-state index contributed by atoms with van der Waals surface area (Å²) in [5, 5.41) is 10.0. The largest absolute Gasteiger partial charge is 0.491 e. The minimum atomic E-state index is -0.211. The van der Waals surface area contributed by atoms with E-state index in [0.29, 0.717) is 0 Å². The molecule has 0 unspecified atom stereocenters. The van der Waals surface area contributed by atoms with Crippen LogP contribution in [-0.4, -0.2) is 18.7 Å². The van der Waals surface area contributed by atoms with E-state index in [1.165, 1.54) is 6.21 Å². The third-order valence-corrected chi connectivity index (χ3v) is 3.65. The number of ether oxygens (including phenoxy) is 1. The van der Waals surface area contributed by atoms with E-state index >= 15 is 0 Å². The Kier molecular flexibility index (Phi) is 6.72. The molecule has 2 aromatic carbocycles. The van der Waals surface area contributed by atoms with E-state index < -0.39 is 0 Å². The van der Waals surface area contributed by atoms with Crippen LogP contribution in [0.2, 0.25) is 0 Å². The first-order valence-electron chi connectivity index (χ1n) is 8.02. The third-order valence-electron chi connectivity index (χ3n) is 3.65. The molecule has 0 atom stereocenters. The summed E-state index contributed by atoms with van der Waals surface area (Å²) >= 11 is 0. The van der Waals surface area contributed by atoms with Gasteiger partial charge in [-0.1, -0.05) is 48.5 Å². The Labute approximate surface area is 148 Å². The molecule has 0 saturated heterocycles. The second-order valence-corrected chi connectivity index (χ2v) is 5.59. The summed E-state index contributed by atoms with van der Waals surface area (Å²) in [5.41, 5.74) is 4.61. The van der Waals surface area contributed by atoms with Gasteiger partial charge in [-0.2, -0.15) is 0 Å². The van der Waals surface area contributed by atoms with E-state index in [1.54, 1.807) is 18.4 Å². The van der Waals surface area contributed by atoms with Crippen LogP contribution in [0, 0.1) is 19.3 Å². The van der Waals surface area contributed by atoms with Crippen LogP contribution in [0.1, 0.15) is 16.7 Å². The molecule has 2 rings (SSSR count). The summed E-state index contributed by atoms with van der Waals surface area (Å²) in [6.07, 6.45) is 6.12. The minimum Gasteiger partial charge on any atom is -0.491 e. The highest BCUT2D eigenvalue weighted by atomic mass is 16.5. The molecular weight excluding hydrogens is 312 g/mol. The van der Waals surface area contributed by atoms with E-state index in [2.05, 4.69) is 5.32 Å². The molecule has 128 valence electrons. The zero-order valence-electron chi connectivity index (χ0n) is 14.5. The molecule has 4 nitrogen and oxygen atoms in total. The standard InChI is InChI=1S/C21H22N2O2/c1-16-8-6-9-17(2)21(16)23-20(24)15-25-14-19(12-7-13-22)18-10-4-3-5-11-18/h3-14,22H,15H2,1-2H3,(H,23,24)/b12-7-,19-14+,22-13?. The zero-order chi connectivity index (χ0) is 18.1. The summed E-state index contributed by atoms with van der Waals surface area (Å²) < 4.78 is 5.46. The molecule has 0 aliphatic heterocycles. The van der Waals surface area contributed by atoms with Crippen LogP contribution in [0.15, 0.2) is 66.9 Å². The number of anilines is 1. The molecular formula is C21H22N2O2. The summed E-state index contributed by atoms with van der Waals surface area (Å²) in [7, 11) is 0. The van der Waals surface area contributed by atoms with Crippen molar-refractivity contribution in [3.05, 3.63) is 83.6 Å². The van der Waals surface area contributed by atoms with E-state index in [9.17, 15) is 4.79 Å². The smallest absolute Gasteiger partial charge is 0.262 e. The Balaban J connectivity index is 2.03. The predicted molar refractivity (Wildman–Crippen MR) is 103 cm³/mol. The molecule has 2 N–H and O–H groups in total. The third kappa shape index (κ3) is 5.46. The number of allylic oxidation sites excluding steroid dienone is 3. The van der Waals surface area contributed by atoms with Crippen LogP contribution in [0.3, 0.4) is 0 Å². The van der Waals surface area contributed by atoms with Crippen molar-refractivity contribution in [1.29, 1.82) is 5.41 Å². The van der Waals surface area contributed by atoms with Crippen molar-refractivity contribution in [2.24, 2.45) is 0 Å². The summed E-state index contributed by atoms with van der Waals surface area (Å²) in [6, 6.07) is 15.5. The van der Waals surface area contributed by atoms with Crippen LogP contribution in [0.4, 0.5) is 5.69 Å². The molecule has 0 heterocycles. The normalized spacial score (nSPS) is 11.4. The number of hydrogen-bond acceptors (Lipinski definition) is 3. The maximum Gasteiger partial charge on any atom is 0.262 e. The number of aryl methyl sites for hydroxylation is 2. The van der Waals surface area contributed by atoms with Gasteiger partial charge in [-0.25, -0.2) is 0 Å². The van der Waals surface area contributed by atoms with E-state index in [1.807, 2.05) is 62.4 Å². The highest BCUT2D eigenvalue weighted by Gasteiger charge is 2.07. The number of carbonyl (C=O) groups excluding carboxylic acids is 1. The fourth-order valence-corrected chi connectivity index (χ4v) is 2.38. The molecule has 0 aliphatic carbocycles. The lowest BCUT2D eigenvalue weighted by Gasteiger charge is -2.11. The molecule has 0 aromatic heterocycles. The molecule has 2 aromatic rings. The number of carbonyl (C=O) groups is 1. The lowest BCUT2D eigenvalue weighted by Crippen LogP contribution is -2.18. The number of hydrogen-bond donors (Lipinski definition) is 2. The highest BCUT2D eigenvalue weighted by molar-refractivity contribution is 5.93. The Morgan fingerprint density at radius 3 is 2.40 bits per heavy atom. The summed E-state index contributed by atoms with van der Waals surface area (Å²) in [6.45, 7) is 3.83. The summed E-state index contributed by atoms with van der Waals surface area (Å²) in [5.74, 6) is -0.211. The van der Waals surface area contributed by atoms with Crippen molar-refractivity contribution in [3.63, 3.8) is 0 Å². The molecule has 0 aliphatic rings. The van der Waals surface area contributed by atoms with Crippen LogP contribution < -0.4 is 5.32 Å².